The Bertz CT molecular complexity index is 278. The summed E-state index contributed by atoms with van der Waals surface area (Å²) in [5, 5.41) is 3.47. The summed E-state index contributed by atoms with van der Waals surface area (Å²) in [5.41, 5.74) is 0.536. The minimum atomic E-state index is 0.536. The lowest BCUT2D eigenvalue weighted by atomic mass is 9.71. The van der Waals surface area contributed by atoms with Gasteiger partial charge in [0.1, 0.15) is 0 Å². The van der Waals surface area contributed by atoms with Gasteiger partial charge >= 0.3 is 0 Å². The first-order chi connectivity index (χ1) is 8.38. The van der Waals surface area contributed by atoms with E-state index in [2.05, 4.69) is 22.4 Å². The molecule has 1 aliphatic carbocycles. The zero-order chi connectivity index (χ0) is 11.6. The van der Waals surface area contributed by atoms with E-state index < -0.39 is 0 Å². The van der Waals surface area contributed by atoms with Gasteiger partial charge in [-0.3, -0.25) is 4.90 Å². The molecule has 96 valence electrons. The summed E-state index contributed by atoms with van der Waals surface area (Å²) in [6, 6.07) is 0.680. The second-order valence-corrected chi connectivity index (χ2v) is 5.73. The quantitative estimate of drug-likeness (QED) is 0.697. The molecular formula is C14H24N2O. The largest absolute Gasteiger partial charge is 0.379 e. The molecule has 2 fully saturated rings. The van der Waals surface area contributed by atoms with Crippen molar-refractivity contribution >= 4 is 0 Å². The molecule has 1 atom stereocenters. The second-order valence-electron chi connectivity index (χ2n) is 5.73. The van der Waals surface area contributed by atoms with Gasteiger partial charge in [0.15, 0.2) is 0 Å². The van der Waals surface area contributed by atoms with Crippen molar-refractivity contribution in [3.63, 3.8) is 0 Å². The molecule has 0 aromatic heterocycles. The number of hydrogen-bond donors (Lipinski definition) is 1. The van der Waals surface area contributed by atoms with Crippen LogP contribution in [0.1, 0.15) is 25.7 Å². The van der Waals surface area contributed by atoms with Crippen LogP contribution in [0.2, 0.25) is 0 Å². The van der Waals surface area contributed by atoms with Gasteiger partial charge in [0.05, 0.1) is 13.2 Å². The van der Waals surface area contributed by atoms with Crippen molar-refractivity contribution in [2.24, 2.45) is 5.41 Å². The van der Waals surface area contributed by atoms with E-state index in [1.54, 1.807) is 0 Å². The fourth-order valence-corrected chi connectivity index (χ4v) is 3.48. The highest BCUT2D eigenvalue weighted by atomic mass is 16.5. The van der Waals surface area contributed by atoms with Crippen molar-refractivity contribution < 1.29 is 4.74 Å². The molecule has 2 saturated heterocycles. The minimum absolute atomic E-state index is 0.536. The van der Waals surface area contributed by atoms with Gasteiger partial charge in [0.2, 0.25) is 0 Å². The lowest BCUT2D eigenvalue weighted by Gasteiger charge is -2.42. The zero-order valence-electron chi connectivity index (χ0n) is 10.7. The fourth-order valence-electron chi connectivity index (χ4n) is 3.48. The van der Waals surface area contributed by atoms with Crippen molar-refractivity contribution in [3.8, 4) is 0 Å². The SMILES string of the molecule is C1=CC2(CCNCC2)CC[C@@H]1N1CCOCC1. The molecule has 2 aliphatic heterocycles. The maximum absolute atomic E-state index is 5.43. The number of allylic oxidation sites excluding steroid dienone is 1. The van der Waals surface area contributed by atoms with Crippen LogP contribution in [0.4, 0.5) is 0 Å². The molecule has 0 saturated carbocycles. The zero-order valence-corrected chi connectivity index (χ0v) is 10.7. The number of morpholine rings is 1. The molecule has 3 heteroatoms. The second kappa shape index (κ2) is 5.09. The Hall–Kier alpha value is -0.380. The number of ether oxygens (including phenoxy) is 1. The third-order valence-corrected chi connectivity index (χ3v) is 4.72. The molecule has 3 aliphatic rings. The highest BCUT2D eigenvalue weighted by molar-refractivity contribution is 5.11. The van der Waals surface area contributed by atoms with Crippen LogP contribution < -0.4 is 5.32 Å². The van der Waals surface area contributed by atoms with Crippen LogP contribution in [-0.2, 0) is 4.74 Å². The van der Waals surface area contributed by atoms with Crippen LogP contribution in [0.5, 0.6) is 0 Å². The third-order valence-electron chi connectivity index (χ3n) is 4.72. The van der Waals surface area contributed by atoms with E-state index >= 15 is 0 Å². The van der Waals surface area contributed by atoms with Crippen LogP contribution in [0.3, 0.4) is 0 Å². The average Bonchev–Trinajstić information content (AvgIpc) is 2.42. The van der Waals surface area contributed by atoms with Gasteiger partial charge in [0, 0.05) is 19.1 Å². The molecule has 0 bridgehead atoms. The molecule has 0 unspecified atom stereocenters. The van der Waals surface area contributed by atoms with Gasteiger partial charge in [-0.25, -0.2) is 0 Å². The van der Waals surface area contributed by atoms with E-state index in [9.17, 15) is 0 Å². The van der Waals surface area contributed by atoms with E-state index in [-0.39, 0.29) is 0 Å². The number of nitrogens with one attached hydrogen (secondary N) is 1. The molecule has 0 aromatic carbocycles. The molecule has 17 heavy (non-hydrogen) atoms. The maximum atomic E-state index is 5.43. The van der Waals surface area contributed by atoms with Crippen molar-refractivity contribution in [3.05, 3.63) is 12.2 Å². The van der Waals surface area contributed by atoms with Crippen molar-refractivity contribution in [1.29, 1.82) is 0 Å². The number of piperidine rings is 1. The van der Waals surface area contributed by atoms with Gasteiger partial charge in [-0.05, 0) is 44.2 Å². The summed E-state index contributed by atoms with van der Waals surface area (Å²) < 4.78 is 5.43. The summed E-state index contributed by atoms with van der Waals surface area (Å²) in [4.78, 5) is 2.59. The summed E-state index contributed by atoms with van der Waals surface area (Å²) in [6.07, 6.45) is 10.4. The Labute approximate surface area is 104 Å². The van der Waals surface area contributed by atoms with Gasteiger partial charge in [-0.15, -0.1) is 0 Å². The van der Waals surface area contributed by atoms with Gasteiger partial charge < -0.3 is 10.1 Å². The molecule has 0 amide bonds. The minimum Gasteiger partial charge on any atom is -0.379 e. The normalized spacial score (nSPS) is 34.0. The van der Waals surface area contributed by atoms with E-state index in [1.807, 2.05) is 0 Å². The number of hydrogen-bond acceptors (Lipinski definition) is 3. The number of rotatable bonds is 1. The van der Waals surface area contributed by atoms with E-state index in [0.29, 0.717) is 11.5 Å². The van der Waals surface area contributed by atoms with Crippen molar-refractivity contribution in [2.45, 2.75) is 31.7 Å². The predicted molar refractivity (Wildman–Crippen MR) is 69.1 cm³/mol. The summed E-state index contributed by atoms with van der Waals surface area (Å²) >= 11 is 0. The van der Waals surface area contributed by atoms with Crippen molar-refractivity contribution in [1.82, 2.24) is 10.2 Å². The summed E-state index contributed by atoms with van der Waals surface area (Å²) in [7, 11) is 0. The molecular weight excluding hydrogens is 212 g/mol. The van der Waals surface area contributed by atoms with Crippen LogP contribution in [-0.4, -0.2) is 50.3 Å². The molecule has 0 radical (unpaired) electrons. The van der Waals surface area contributed by atoms with E-state index in [1.165, 1.54) is 38.8 Å². The Balaban J connectivity index is 1.61. The van der Waals surface area contributed by atoms with Gasteiger partial charge in [-0.2, -0.15) is 0 Å². The molecule has 0 aromatic rings. The Morgan fingerprint density at radius 3 is 2.53 bits per heavy atom. The summed E-state index contributed by atoms with van der Waals surface area (Å²) in [6.45, 7) is 6.46. The standard InChI is InChI=1S/C14H24N2O/c1-3-14(5-7-15-8-6-14)4-2-13(1)16-9-11-17-12-10-16/h1,3,13,15H,2,4-12H2/t13-/m1/s1. The van der Waals surface area contributed by atoms with Crippen molar-refractivity contribution in [2.75, 3.05) is 39.4 Å². The van der Waals surface area contributed by atoms with Crippen LogP contribution in [0.25, 0.3) is 0 Å². The first-order valence-electron chi connectivity index (χ1n) is 7.10. The van der Waals surface area contributed by atoms with E-state index in [4.69, 9.17) is 4.74 Å². The van der Waals surface area contributed by atoms with Gasteiger partial charge in [0.25, 0.3) is 0 Å². The first kappa shape index (κ1) is 11.7. The lowest BCUT2D eigenvalue weighted by Crippen LogP contribution is -2.45. The topological polar surface area (TPSA) is 24.5 Å². The van der Waals surface area contributed by atoms with Crippen LogP contribution >= 0.6 is 0 Å². The Morgan fingerprint density at radius 1 is 1.12 bits per heavy atom. The average molecular weight is 236 g/mol. The molecule has 3 rings (SSSR count). The Kier molecular flexibility index (Phi) is 3.50. The number of nitrogens with zero attached hydrogens (tertiary/aromatic N) is 1. The highest BCUT2D eigenvalue weighted by Gasteiger charge is 2.34. The smallest absolute Gasteiger partial charge is 0.0594 e. The van der Waals surface area contributed by atoms with E-state index in [0.717, 1.165) is 26.3 Å². The highest BCUT2D eigenvalue weighted by Crippen LogP contribution is 2.39. The Morgan fingerprint density at radius 2 is 1.88 bits per heavy atom. The van der Waals surface area contributed by atoms with Gasteiger partial charge in [-0.1, -0.05) is 12.2 Å². The molecule has 1 spiro atoms. The molecule has 2 heterocycles. The fraction of sp³-hybridized carbons (Fsp3) is 0.857. The lowest BCUT2D eigenvalue weighted by molar-refractivity contribution is 0.0194. The monoisotopic (exact) mass is 236 g/mol. The first-order valence-corrected chi connectivity index (χ1v) is 7.10. The third kappa shape index (κ3) is 2.56. The molecule has 1 N–H and O–H groups in total. The molecule has 3 nitrogen and oxygen atoms in total. The predicted octanol–water partition coefficient (Wildman–Crippen LogP) is 1.41. The summed E-state index contributed by atoms with van der Waals surface area (Å²) in [5.74, 6) is 0. The van der Waals surface area contributed by atoms with Crippen LogP contribution in [0, 0.1) is 5.41 Å². The maximum Gasteiger partial charge on any atom is 0.0594 e. The van der Waals surface area contributed by atoms with Crippen LogP contribution in [0.15, 0.2) is 12.2 Å².